The first-order valence-corrected chi connectivity index (χ1v) is 32.2. The largest absolute Gasteiger partial charge is 0.480 e. The molecule has 0 radical (unpaired) electrons. The summed E-state index contributed by atoms with van der Waals surface area (Å²) >= 11 is 0. The molecule has 2 unspecified atom stereocenters. The van der Waals surface area contributed by atoms with Crippen LogP contribution >= 0.6 is 0 Å². The molecule has 0 aromatic heterocycles. The lowest BCUT2D eigenvalue weighted by Gasteiger charge is -2.38. The minimum atomic E-state index is -1.39. The van der Waals surface area contributed by atoms with Crippen molar-refractivity contribution in [2.75, 3.05) is 70.9 Å². The van der Waals surface area contributed by atoms with Crippen LogP contribution in [0, 0.1) is 11.8 Å². The monoisotopic (exact) mass is 1240 g/mol. The van der Waals surface area contributed by atoms with E-state index in [1.165, 1.54) is 30.8 Å². The van der Waals surface area contributed by atoms with Gasteiger partial charge in [-0.15, -0.1) is 0 Å². The predicted molar refractivity (Wildman–Crippen MR) is 322 cm³/mol. The van der Waals surface area contributed by atoms with Crippen molar-refractivity contribution in [3.63, 3.8) is 0 Å². The Morgan fingerprint density at radius 2 is 0.851 bits per heavy atom. The maximum Gasteiger partial charge on any atom is 0.326 e. The van der Waals surface area contributed by atoms with E-state index >= 15 is 9.59 Å². The number of carbonyl (C=O) groups is 10. The number of nitrogens with one attached hydrogen (secondary N) is 3. The third-order valence-corrected chi connectivity index (χ3v) is 18.2. The molecule has 0 aliphatic carbocycles. The second-order valence-corrected chi connectivity index (χ2v) is 25.3. The van der Waals surface area contributed by atoms with Gasteiger partial charge in [-0.3, -0.25) is 62.3 Å². The van der Waals surface area contributed by atoms with E-state index < -0.39 is 119 Å². The summed E-state index contributed by atoms with van der Waals surface area (Å²) in [6.07, 6.45) is 6.23. The number of rotatable bonds is 28. The SMILES string of the molecule is CC(C)[C@H](N)C(=O)N1CCC[C@H]1C(=O)N1CCC[C@H]1C(=O)N1CCC[C@H]1C(=O)N1CCC(CS(C)=O)[C@H]1C(=O)N1CCC[C@H]1C(=O)N1CCC[C@H]1C(=O)N[C@@H](CCCN=C(N)N)C(=O)N[C@@H](CCCN=C(N)N)C(=O)N[C@@H](CCCN=C(N)N)C(=O)O. The first kappa shape index (κ1) is 68.7. The van der Waals surface area contributed by atoms with Crippen molar-refractivity contribution in [3.05, 3.63) is 0 Å². The van der Waals surface area contributed by atoms with Crippen LogP contribution in [0.25, 0.3) is 0 Å². The van der Waals surface area contributed by atoms with Crippen molar-refractivity contribution in [1.82, 2.24) is 45.3 Å². The van der Waals surface area contributed by atoms with Gasteiger partial charge in [0.2, 0.25) is 53.2 Å². The number of guanidine groups is 3. The molecular formula is C55H93N19O12S. The standard InChI is InChI=1S/C55H93N19O12S/c1-31(2)41(56)50(82)72-27-10-17-38(72)48(80)70-25-8-16-37(70)47(79)71-26-9-19-40(71)49(81)74-29-20-32(30-87(3)86)42(74)51(83)73-28-11-18-39(73)46(78)69-24-7-15-36(69)45(77)67-34(13-5-22-64-54(59)60)43(75)66-33(12-4-21-63-53(57)58)44(76)68-35(52(84)85)14-6-23-65-55(61)62/h31-42H,4-30,56H2,1-3H3,(H,66,75)(H,67,77)(H,68,76)(H,84,85)(H4,57,58,63)(H4,59,60,64)(H4,61,62,65)/t32?,33-,34-,35-,36-,37-,38-,39-,40-,41-,42-,87?/m0/s1. The van der Waals surface area contributed by atoms with E-state index in [4.69, 9.17) is 40.1 Å². The van der Waals surface area contributed by atoms with E-state index in [0.717, 1.165) is 0 Å². The van der Waals surface area contributed by atoms with Gasteiger partial charge in [-0.05, 0) is 115 Å². The summed E-state index contributed by atoms with van der Waals surface area (Å²) in [7, 11) is -1.39. The molecule has 6 rings (SSSR count). The normalized spacial score (nSPS) is 24.4. The molecule has 6 aliphatic heterocycles. The molecule has 0 bridgehead atoms. The number of nitrogens with two attached hydrogens (primary N) is 7. The highest BCUT2D eigenvalue weighted by atomic mass is 32.2. The highest BCUT2D eigenvalue weighted by Crippen LogP contribution is 2.35. The van der Waals surface area contributed by atoms with Crippen LogP contribution in [-0.4, -0.2) is 247 Å². The van der Waals surface area contributed by atoms with Crippen molar-refractivity contribution in [2.45, 2.75) is 183 Å². The molecule has 87 heavy (non-hydrogen) atoms. The molecule has 0 aromatic rings. The zero-order chi connectivity index (χ0) is 63.8. The fourth-order valence-electron chi connectivity index (χ4n) is 12.9. The Kier molecular flexibility index (Phi) is 25.3. The first-order chi connectivity index (χ1) is 41.3. The van der Waals surface area contributed by atoms with Gasteiger partial charge in [0.1, 0.15) is 54.4 Å². The molecule has 0 spiro atoms. The molecule has 6 heterocycles. The van der Waals surface area contributed by atoms with E-state index in [9.17, 15) is 47.7 Å². The van der Waals surface area contributed by atoms with Crippen molar-refractivity contribution in [1.29, 1.82) is 0 Å². The first-order valence-electron chi connectivity index (χ1n) is 30.5. The average molecular weight is 1240 g/mol. The second-order valence-electron chi connectivity index (χ2n) is 23.9. The summed E-state index contributed by atoms with van der Waals surface area (Å²) in [4.78, 5) is 163. The maximum absolute atomic E-state index is 15.2. The smallest absolute Gasteiger partial charge is 0.326 e. The summed E-state index contributed by atoms with van der Waals surface area (Å²) in [5, 5.41) is 17.9. The van der Waals surface area contributed by atoms with Gasteiger partial charge < -0.3 is 90.6 Å². The van der Waals surface area contributed by atoms with Gasteiger partial charge in [0.15, 0.2) is 17.9 Å². The Morgan fingerprint density at radius 3 is 1.26 bits per heavy atom. The molecular weight excluding hydrogens is 1150 g/mol. The van der Waals surface area contributed by atoms with Crippen LogP contribution in [0.4, 0.5) is 0 Å². The van der Waals surface area contributed by atoms with Crippen molar-refractivity contribution >= 4 is 87.8 Å². The van der Waals surface area contributed by atoms with Crippen LogP contribution in [0.1, 0.15) is 123 Å². The quantitative estimate of drug-likeness (QED) is 0.0199. The number of amides is 9. The van der Waals surface area contributed by atoms with Gasteiger partial charge >= 0.3 is 5.97 Å². The van der Waals surface area contributed by atoms with Gasteiger partial charge in [0, 0.05) is 87.6 Å². The third kappa shape index (κ3) is 17.9. The Bertz CT molecular complexity index is 2630. The number of carboxylic acid groups (broad SMARTS) is 1. The highest BCUT2D eigenvalue weighted by Gasteiger charge is 2.52. The molecule has 6 saturated heterocycles. The molecule has 9 amide bonds. The van der Waals surface area contributed by atoms with Crippen molar-refractivity contribution in [3.8, 4) is 0 Å². The zero-order valence-electron chi connectivity index (χ0n) is 50.4. The minimum absolute atomic E-state index is 0.0479. The van der Waals surface area contributed by atoms with Crippen LogP contribution in [-0.2, 0) is 58.7 Å². The Labute approximate surface area is 509 Å². The molecule has 6 fully saturated rings. The molecule has 0 saturated carbocycles. The highest BCUT2D eigenvalue weighted by molar-refractivity contribution is 7.84. The number of aliphatic carboxylic acids is 1. The lowest BCUT2D eigenvalue weighted by molar-refractivity contribution is -0.155. The van der Waals surface area contributed by atoms with Gasteiger partial charge in [-0.2, -0.15) is 0 Å². The molecule has 12 atom stereocenters. The maximum atomic E-state index is 15.2. The van der Waals surface area contributed by atoms with Crippen LogP contribution in [0.2, 0.25) is 0 Å². The van der Waals surface area contributed by atoms with Crippen molar-refractivity contribution < 1.29 is 57.3 Å². The second kappa shape index (κ2) is 32.0. The summed E-state index contributed by atoms with van der Waals surface area (Å²) in [6.45, 7) is 5.24. The van der Waals surface area contributed by atoms with Crippen LogP contribution in [0.3, 0.4) is 0 Å². The topological polar surface area (TPSA) is 483 Å². The number of hydrogen-bond donors (Lipinski definition) is 11. The van der Waals surface area contributed by atoms with Crippen LogP contribution in [0.15, 0.2) is 15.0 Å². The van der Waals surface area contributed by atoms with Gasteiger partial charge in [-0.1, -0.05) is 13.8 Å². The van der Waals surface area contributed by atoms with Crippen molar-refractivity contribution in [2.24, 2.45) is 66.9 Å². The lowest BCUT2D eigenvalue weighted by Crippen LogP contribution is -2.60. The summed E-state index contributed by atoms with van der Waals surface area (Å²) in [5.74, 6) is -7.41. The molecule has 6 aliphatic rings. The summed E-state index contributed by atoms with van der Waals surface area (Å²) in [5.41, 5.74) is 39.1. The Balaban J connectivity index is 1.17. The van der Waals surface area contributed by atoms with Crippen LogP contribution < -0.4 is 56.1 Å². The number of hydrogen-bond acceptors (Lipinski definition) is 15. The predicted octanol–water partition coefficient (Wildman–Crippen LogP) is -4.78. The van der Waals surface area contributed by atoms with E-state index in [2.05, 4.69) is 30.9 Å². The molecule has 486 valence electrons. The number of aliphatic imine (C=N–C) groups is 3. The fraction of sp³-hybridized carbons (Fsp3) is 0.764. The molecule has 31 nitrogen and oxygen atoms in total. The van der Waals surface area contributed by atoms with Gasteiger partial charge in [-0.25, -0.2) is 4.79 Å². The third-order valence-electron chi connectivity index (χ3n) is 17.4. The van der Waals surface area contributed by atoms with E-state index in [0.29, 0.717) is 70.9 Å². The Hall–Kier alpha value is -7.38. The molecule has 18 N–H and O–H groups in total. The average Bonchev–Trinajstić information content (AvgIpc) is 2.86. The minimum Gasteiger partial charge on any atom is -0.480 e. The zero-order valence-corrected chi connectivity index (χ0v) is 51.2. The Morgan fingerprint density at radius 1 is 0.494 bits per heavy atom. The summed E-state index contributed by atoms with van der Waals surface area (Å²) < 4.78 is 12.9. The van der Waals surface area contributed by atoms with Gasteiger partial charge in [0.25, 0.3) is 0 Å². The lowest BCUT2D eigenvalue weighted by atomic mass is 10.00. The summed E-state index contributed by atoms with van der Waals surface area (Å²) in [6, 6.07) is -10.7. The number of carboxylic acids is 1. The van der Waals surface area contributed by atoms with Crippen LogP contribution in [0.5, 0.6) is 0 Å². The molecule has 0 aromatic carbocycles. The fourth-order valence-corrected chi connectivity index (χ4v) is 13.8. The van der Waals surface area contributed by atoms with Gasteiger partial charge in [0.05, 0.1) is 6.04 Å². The number of nitrogens with zero attached hydrogens (tertiary/aromatic N) is 9. The van der Waals surface area contributed by atoms with E-state index in [-0.39, 0.29) is 144 Å². The van der Waals surface area contributed by atoms with E-state index in [1.807, 2.05) is 13.8 Å². The van der Waals surface area contributed by atoms with E-state index in [1.54, 1.807) is 4.90 Å². The molecule has 32 heteroatoms. The number of likely N-dealkylation sites (tertiary alicyclic amines) is 6. The number of carbonyl (C=O) groups excluding carboxylic acids is 9.